The molecule has 0 saturated carbocycles. The van der Waals surface area contributed by atoms with Gasteiger partial charge in [0.05, 0.1) is 25.9 Å². The number of methoxy groups -OCH3 is 1. The van der Waals surface area contributed by atoms with E-state index >= 15 is 0 Å². The average Bonchev–Trinajstić information content (AvgIpc) is 3.00. The molecule has 3 atom stereocenters. The molecule has 1 heterocycles. The van der Waals surface area contributed by atoms with Crippen molar-refractivity contribution in [1.82, 2.24) is 0 Å². The van der Waals surface area contributed by atoms with E-state index in [4.69, 9.17) is 19.3 Å². The number of amides is 1. The van der Waals surface area contributed by atoms with Crippen LogP contribution < -0.4 is 10.1 Å². The Kier molecular flexibility index (Phi) is 11.6. The van der Waals surface area contributed by atoms with Gasteiger partial charge in [-0.15, -0.1) is 11.8 Å². The van der Waals surface area contributed by atoms with Crippen LogP contribution in [0, 0.1) is 0 Å². The SMILES string of the molecule is COc1ccccc1SC[C@H]1C[C@@H](c2ccc(CO)cc2)O[C@@H](c2ccc(NC(=O)CCCCCC(=O)O)cc2)O1. The van der Waals surface area contributed by atoms with Crippen LogP contribution in [-0.4, -0.2) is 41.1 Å². The van der Waals surface area contributed by atoms with E-state index in [0.29, 0.717) is 43.5 Å². The van der Waals surface area contributed by atoms with Crippen LogP contribution in [0.25, 0.3) is 0 Å². The van der Waals surface area contributed by atoms with Gasteiger partial charge in [0.15, 0.2) is 6.29 Å². The Morgan fingerprint density at radius 1 is 0.927 bits per heavy atom. The number of thioether (sulfide) groups is 1. The number of hydrogen-bond donors (Lipinski definition) is 3. The van der Waals surface area contributed by atoms with Gasteiger partial charge < -0.3 is 29.7 Å². The van der Waals surface area contributed by atoms with Crippen LogP contribution in [-0.2, 0) is 25.7 Å². The summed E-state index contributed by atoms with van der Waals surface area (Å²) in [5.41, 5.74) is 3.40. The summed E-state index contributed by atoms with van der Waals surface area (Å²) in [6.07, 6.45) is 2.21. The predicted octanol–water partition coefficient (Wildman–Crippen LogP) is 6.50. The van der Waals surface area contributed by atoms with E-state index in [-0.39, 0.29) is 31.1 Å². The summed E-state index contributed by atoms with van der Waals surface area (Å²) in [6.45, 7) is -0.0106. The normalized spacial score (nSPS) is 18.5. The number of para-hydroxylation sites is 1. The van der Waals surface area contributed by atoms with Gasteiger partial charge in [-0.25, -0.2) is 0 Å². The van der Waals surface area contributed by atoms with E-state index < -0.39 is 12.3 Å². The molecule has 3 aromatic rings. The molecule has 1 aliphatic rings. The predicted molar refractivity (Wildman–Crippen MR) is 158 cm³/mol. The van der Waals surface area contributed by atoms with Crippen LogP contribution in [0.5, 0.6) is 5.75 Å². The maximum Gasteiger partial charge on any atom is 0.303 e. The van der Waals surface area contributed by atoms with Crippen LogP contribution in [0.2, 0.25) is 0 Å². The summed E-state index contributed by atoms with van der Waals surface area (Å²) in [6, 6.07) is 23.2. The number of aliphatic hydroxyl groups excluding tert-OH is 1. The lowest BCUT2D eigenvalue weighted by Gasteiger charge is -2.36. The molecule has 1 aliphatic heterocycles. The number of carbonyl (C=O) groups excluding carboxylic acids is 1. The molecule has 0 spiro atoms. The monoisotopic (exact) mass is 579 g/mol. The number of aliphatic carboxylic acids is 1. The van der Waals surface area contributed by atoms with E-state index in [1.807, 2.05) is 72.8 Å². The summed E-state index contributed by atoms with van der Waals surface area (Å²) in [4.78, 5) is 24.0. The fraction of sp³-hybridized carbons (Fsp3) is 0.375. The first-order valence-corrected chi connectivity index (χ1v) is 14.8. The number of carboxylic acids is 1. The second kappa shape index (κ2) is 15.6. The second-order valence-corrected chi connectivity index (χ2v) is 11.0. The highest BCUT2D eigenvalue weighted by atomic mass is 32.2. The molecule has 3 N–H and O–H groups in total. The molecular formula is C32H37NO7S. The first-order chi connectivity index (χ1) is 19.9. The molecule has 0 aromatic heterocycles. The molecule has 3 aromatic carbocycles. The van der Waals surface area contributed by atoms with E-state index in [9.17, 15) is 14.7 Å². The van der Waals surface area contributed by atoms with Crippen molar-refractivity contribution < 1.29 is 34.0 Å². The number of carbonyl (C=O) groups is 2. The Bertz CT molecular complexity index is 1270. The van der Waals surface area contributed by atoms with Crippen LogP contribution in [0.3, 0.4) is 0 Å². The lowest BCUT2D eigenvalue weighted by atomic mass is 10.0. The number of rotatable bonds is 14. The molecule has 1 fully saturated rings. The van der Waals surface area contributed by atoms with E-state index in [1.54, 1.807) is 18.9 Å². The zero-order valence-corrected chi connectivity index (χ0v) is 24.0. The molecule has 0 radical (unpaired) electrons. The third-order valence-electron chi connectivity index (χ3n) is 6.87. The van der Waals surface area contributed by atoms with Crippen LogP contribution >= 0.6 is 11.8 Å². The van der Waals surface area contributed by atoms with Crippen LogP contribution in [0.4, 0.5) is 5.69 Å². The highest BCUT2D eigenvalue weighted by Crippen LogP contribution is 2.40. The molecule has 0 bridgehead atoms. The summed E-state index contributed by atoms with van der Waals surface area (Å²) in [5, 5.41) is 21.1. The Hall–Kier alpha value is -3.37. The molecular weight excluding hydrogens is 542 g/mol. The zero-order valence-electron chi connectivity index (χ0n) is 23.2. The number of hydrogen-bond acceptors (Lipinski definition) is 7. The van der Waals surface area contributed by atoms with Crippen molar-refractivity contribution in [2.45, 2.75) is 68.5 Å². The Labute approximate surface area is 245 Å². The van der Waals surface area contributed by atoms with Gasteiger partial charge in [0.1, 0.15) is 5.75 Å². The van der Waals surface area contributed by atoms with Gasteiger partial charge in [0.2, 0.25) is 5.91 Å². The average molecular weight is 580 g/mol. The zero-order chi connectivity index (χ0) is 29.0. The smallest absolute Gasteiger partial charge is 0.303 e. The third-order valence-corrected chi connectivity index (χ3v) is 8.06. The largest absolute Gasteiger partial charge is 0.496 e. The van der Waals surface area contributed by atoms with Crippen molar-refractivity contribution in [3.8, 4) is 5.75 Å². The van der Waals surface area contributed by atoms with Crippen LogP contribution in [0.1, 0.15) is 67.6 Å². The van der Waals surface area contributed by atoms with Gasteiger partial charge in [0, 0.05) is 41.2 Å². The molecule has 41 heavy (non-hydrogen) atoms. The Morgan fingerprint density at radius 2 is 1.63 bits per heavy atom. The number of nitrogens with one attached hydrogen (secondary N) is 1. The van der Waals surface area contributed by atoms with Crippen molar-refractivity contribution in [3.05, 3.63) is 89.5 Å². The molecule has 1 saturated heterocycles. The van der Waals surface area contributed by atoms with Gasteiger partial charge >= 0.3 is 5.97 Å². The third kappa shape index (κ3) is 9.33. The number of aliphatic hydroxyl groups is 1. The topological polar surface area (TPSA) is 114 Å². The van der Waals surface area contributed by atoms with E-state index in [2.05, 4.69) is 5.32 Å². The van der Waals surface area contributed by atoms with Gasteiger partial charge in [-0.2, -0.15) is 0 Å². The quantitative estimate of drug-likeness (QED) is 0.147. The van der Waals surface area contributed by atoms with Gasteiger partial charge in [-0.3, -0.25) is 9.59 Å². The second-order valence-electron chi connectivity index (χ2n) is 9.94. The molecule has 9 heteroatoms. The number of ether oxygens (including phenoxy) is 3. The minimum Gasteiger partial charge on any atom is -0.496 e. The first kappa shape index (κ1) is 30.6. The van der Waals surface area contributed by atoms with Gasteiger partial charge in [0.25, 0.3) is 0 Å². The number of carboxylic acid groups (broad SMARTS) is 1. The Balaban J connectivity index is 1.40. The molecule has 0 unspecified atom stereocenters. The van der Waals surface area contributed by atoms with Crippen molar-refractivity contribution in [3.63, 3.8) is 0 Å². The van der Waals surface area contributed by atoms with Gasteiger partial charge in [-0.1, -0.05) is 55.0 Å². The number of benzene rings is 3. The number of anilines is 1. The van der Waals surface area contributed by atoms with E-state index in [1.165, 1.54) is 0 Å². The van der Waals surface area contributed by atoms with Gasteiger partial charge in [-0.05, 0) is 48.2 Å². The maximum atomic E-state index is 12.3. The van der Waals surface area contributed by atoms with E-state index in [0.717, 1.165) is 27.3 Å². The highest BCUT2D eigenvalue weighted by Gasteiger charge is 2.32. The minimum atomic E-state index is -0.812. The first-order valence-electron chi connectivity index (χ1n) is 13.8. The van der Waals surface area contributed by atoms with Crippen molar-refractivity contribution >= 4 is 29.3 Å². The minimum absolute atomic E-state index is 0.0106. The molecule has 0 aliphatic carbocycles. The lowest BCUT2D eigenvalue weighted by molar-refractivity contribution is -0.245. The van der Waals surface area contributed by atoms with Crippen molar-refractivity contribution in [2.24, 2.45) is 0 Å². The number of unbranched alkanes of at least 4 members (excludes halogenated alkanes) is 2. The summed E-state index contributed by atoms with van der Waals surface area (Å²) < 4.78 is 18.4. The fourth-order valence-corrected chi connectivity index (χ4v) is 5.68. The standard InChI is InChI=1S/C32H37NO7S/c1-38-27-7-5-6-8-29(27)41-21-26-19-28(23-13-11-22(20-34)12-14-23)40-32(39-26)24-15-17-25(18-16-24)33-30(35)9-3-2-4-10-31(36)37/h5-8,11-18,26,28,32,34H,2-4,9-10,19-21H2,1H3,(H,33,35)(H,36,37)/t26-,28+,32+/m1/s1. The molecule has 218 valence electrons. The van der Waals surface area contributed by atoms with Crippen LogP contribution in [0.15, 0.2) is 77.7 Å². The molecule has 1 amide bonds. The maximum absolute atomic E-state index is 12.3. The fourth-order valence-electron chi connectivity index (χ4n) is 4.63. The summed E-state index contributed by atoms with van der Waals surface area (Å²) in [7, 11) is 1.67. The summed E-state index contributed by atoms with van der Waals surface area (Å²) in [5.74, 6) is 0.632. The molecule has 4 rings (SSSR count). The highest BCUT2D eigenvalue weighted by molar-refractivity contribution is 7.99. The Morgan fingerprint density at radius 3 is 2.34 bits per heavy atom. The lowest BCUT2D eigenvalue weighted by Crippen LogP contribution is -2.31. The van der Waals surface area contributed by atoms with Crippen molar-refractivity contribution in [2.75, 3.05) is 18.2 Å². The molecule has 8 nitrogen and oxygen atoms in total. The summed E-state index contributed by atoms with van der Waals surface area (Å²) >= 11 is 1.68. The van der Waals surface area contributed by atoms with Crippen molar-refractivity contribution in [1.29, 1.82) is 0 Å².